The van der Waals surface area contributed by atoms with Crippen LogP contribution in [0.3, 0.4) is 0 Å². The van der Waals surface area contributed by atoms with E-state index >= 15 is 0 Å². The molecule has 0 aromatic carbocycles. The van der Waals surface area contributed by atoms with Crippen LogP contribution in [0, 0.1) is 5.41 Å². The number of carbonyl (C=O) groups is 1. The molecule has 0 saturated heterocycles. The molecule has 1 atom stereocenters. The van der Waals surface area contributed by atoms with Crippen molar-refractivity contribution < 1.29 is 9.90 Å². The highest BCUT2D eigenvalue weighted by Gasteiger charge is 2.31. The van der Waals surface area contributed by atoms with Crippen molar-refractivity contribution in [3.8, 4) is 0 Å². The molecule has 0 aliphatic rings. The lowest BCUT2D eigenvalue weighted by Crippen LogP contribution is -2.29. The van der Waals surface area contributed by atoms with Gasteiger partial charge in [-0.25, -0.2) is 4.98 Å². The molecule has 1 rings (SSSR count). The van der Waals surface area contributed by atoms with Crippen molar-refractivity contribution in [1.82, 2.24) is 4.98 Å². The molecule has 15 heavy (non-hydrogen) atoms. The normalized spacial score (nSPS) is 14.6. The summed E-state index contributed by atoms with van der Waals surface area (Å²) in [5.41, 5.74) is 0.168. The summed E-state index contributed by atoms with van der Waals surface area (Å²) in [5, 5.41) is 9.53. The van der Waals surface area contributed by atoms with E-state index < -0.39 is 11.4 Å². The van der Waals surface area contributed by atoms with Gasteiger partial charge in [-0.15, -0.1) is 0 Å². The van der Waals surface area contributed by atoms with Crippen LogP contribution in [0.5, 0.6) is 0 Å². The smallest absolute Gasteiger partial charge is 0.309 e. The molecule has 4 heteroatoms. The lowest BCUT2D eigenvalue weighted by Gasteiger charge is -2.22. The summed E-state index contributed by atoms with van der Waals surface area (Å²) < 4.78 is 0. The molecule has 0 spiro atoms. The quantitative estimate of drug-likeness (QED) is 0.805. The minimum Gasteiger partial charge on any atom is -0.481 e. The minimum atomic E-state index is -0.778. The third-order valence-electron chi connectivity index (χ3n) is 2.68. The fraction of sp³-hybridized carbons (Fsp3) is 0.455. The standard InChI is InChI=1S/C11H14ClNO2/c1-3-11(2,10(14)15)6-8-4-5-9(12)13-7-8/h4-5,7H,3,6H2,1-2H3,(H,14,15). The molecule has 0 fully saturated rings. The van der Waals surface area contributed by atoms with Gasteiger partial charge in [0, 0.05) is 6.20 Å². The Labute approximate surface area is 94.1 Å². The third kappa shape index (κ3) is 2.93. The summed E-state index contributed by atoms with van der Waals surface area (Å²) in [7, 11) is 0. The van der Waals surface area contributed by atoms with Crippen molar-refractivity contribution in [3.63, 3.8) is 0 Å². The summed E-state index contributed by atoms with van der Waals surface area (Å²) in [5.74, 6) is -0.778. The van der Waals surface area contributed by atoms with Crippen molar-refractivity contribution in [2.75, 3.05) is 0 Å². The van der Waals surface area contributed by atoms with Gasteiger partial charge < -0.3 is 5.11 Å². The summed E-state index contributed by atoms with van der Waals surface area (Å²) in [4.78, 5) is 15.0. The van der Waals surface area contributed by atoms with Gasteiger partial charge in [0.15, 0.2) is 0 Å². The maximum Gasteiger partial charge on any atom is 0.309 e. The number of pyridine rings is 1. The molecule has 1 unspecified atom stereocenters. The van der Waals surface area contributed by atoms with Gasteiger partial charge in [0.05, 0.1) is 5.41 Å². The van der Waals surface area contributed by atoms with Crippen molar-refractivity contribution in [2.24, 2.45) is 5.41 Å². The zero-order valence-corrected chi connectivity index (χ0v) is 9.58. The maximum atomic E-state index is 11.1. The van der Waals surface area contributed by atoms with Crippen molar-refractivity contribution >= 4 is 17.6 Å². The van der Waals surface area contributed by atoms with Gasteiger partial charge in [0.2, 0.25) is 0 Å². The molecule has 1 aromatic heterocycles. The monoisotopic (exact) mass is 227 g/mol. The van der Waals surface area contributed by atoms with Crippen molar-refractivity contribution in [1.29, 1.82) is 0 Å². The van der Waals surface area contributed by atoms with E-state index in [1.807, 2.05) is 13.0 Å². The average Bonchev–Trinajstić information content (AvgIpc) is 2.21. The highest BCUT2D eigenvalue weighted by molar-refractivity contribution is 6.29. The van der Waals surface area contributed by atoms with E-state index in [1.54, 1.807) is 19.2 Å². The van der Waals surface area contributed by atoms with E-state index in [-0.39, 0.29) is 0 Å². The van der Waals surface area contributed by atoms with Gasteiger partial charge >= 0.3 is 5.97 Å². The van der Waals surface area contributed by atoms with Gasteiger partial charge in [-0.3, -0.25) is 4.79 Å². The number of rotatable bonds is 4. The maximum absolute atomic E-state index is 11.1. The molecular formula is C11H14ClNO2. The summed E-state index contributed by atoms with van der Waals surface area (Å²) in [6, 6.07) is 3.49. The van der Waals surface area contributed by atoms with E-state index in [0.717, 1.165) is 5.56 Å². The van der Waals surface area contributed by atoms with Crippen LogP contribution < -0.4 is 0 Å². The molecule has 0 saturated carbocycles. The van der Waals surface area contributed by atoms with Gasteiger partial charge in [0.1, 0.15) is 5.15 Å². The molecule has 82 valence electrons. The first kappa shape index (κ1) is 12.0. The number of nitrogens with zero attached hydrogens (tertiary/aromatic N) is 1. The Bertz CT molecular complexity index is 350. The zero-order valence-electron chi connectivity index (χ0n) is 8.83. The Balaban J connectivity index is 2.84. The number of hydrogen-bond acceptors (Lipinski definition) is 2. The lowest BCUT2D eigenvalue weighted by atomic mass is 9.82. The van der Waals surface area contributed by atoms with Gasteiger partial charge in [-0.2, -0.15) is 0 Å². The van der Waals surface area contributed by atoms with Crippen LogP contribution in [0.15, 0.2) is 18.3 Å². The number of carboxylic acid groups (broad SMARTS) is 1. The van der Waals surface area contributed by atoms with Crippen LogP contribution in [0.2, 0.25) is 5.15 Å². The fourth-order valence-corrected chi connectivity index (χ4v) is 1.43. The molecule has 1 N–H and O–H groups in total. The highest BCUT2D eigenvalue weighted by Crippen LogP contribution is 2.26. The Morgan fingerprint density at radius 1 is 1.60 bits per heavy atom. The third-order valence-corrected chi connectivity index (χ3v) is 2.90. The number of carboxylic acids is 1. The van der Waals surface area contributed by atoms with Crippen LogP contribution in [0.1, 0.15) is 25.8 Å². The fourth-order valence-electron chi connectivity index (χ4n) is 1.31. The number of aliphatic carboxylic acids is 1. The first-order valence-corrected chi connectivity index (χ1v) is 5.19. The molecule has 0 amide bonds. The number of hydrogen-bond donors (Lipinski definition) is 1. The Morgan fingerprint density at radius 2 is 2.27 bits per heavy atom. The minimum absolute atomic E-state index is 0.423. The van der Waals surface area contributed by atoms with E-state index in [2.05, 4.69) is 4.98 Å². The first-order chi connectivity index (χ1) is 6.98. The van der Waals surface area contributed by atoms with Gasteiger partial charge in [0.25, 0.3) is 0 Å². The predicted octanol–water partition coefficient (Wildman–Crippen LogP) is 2.78. The molecule has 1 heterocycles. The molecule has 1 aromatic rings. The second-order valence-electron chi connectivity index (χ2n) is 3.89. The second kappa shape index (κ2) is 4.62. The Morgan fingerprint density at radius 3 is 2.67 bits per heavy atom. The number of halogens is 1. The van der Waals surface area contributed by atoms with Gasteiger partial charge in [-0.05, 0) is 31.4 Å². The topological polar surface area (TPSA) is 50.2 Å². The summed E-state index contributed by atoms with van der Waals surface area (Å²) >= 11 is 5.65. The van der Waals surface area contributed by atoms with Crippen LogP contribution in [-0.2, 0) is 11.2 Å². The average molecular weight is 228 g/mol. The molecular weight excluding hydrogens is 214 g/mol. The SMILES string of the molecule is CCC(C)(Cc1ccc(Cl)nc1)C(=O)O. The van der Waals surface area contributed by atoms with Gasteiger partial charge in [-0.1, -0.05) is 24.6 Å². The summed E-state index contributed by atoms with van der Waals surface area (Å²) in [6.45, 7) is 3.61. The molecule has 0 radical (unpaired) electrons. The lowest BCUT2D eigenvalue weighted by molar-refractivity contribution is -0.148. The van der Waals surface area contributed by atoms with E-state index in [4.69, 9.17) is 16.7 Å². The molecule has 0 bridgehead atoms. The van der Waals surface area contributed by atoms with E-state index in [1.165, 1.54) is 0 Å². The van der Waals surface area contributed by atoms with E-state index in [9.17, 15) is 4.79 Å². The highest BCUT2D eigenvalue weighted by atomic mass is 35.5. The Kier molecular flexibility index (Phi) is 3.69. The predicted molar refractivity (Wildman–Crippen MR) is 59.0 cm³/mol. The zero-order chi connectivity index (χ0) is 11.5. The van der Waals surface area contributed by atoms with Crippen LogP contribution in [0.25, 0.3) is 0 Å². The van der Waals surface area contributed by atoms with Crippen LogP contribution in [0.4, 0.5) is 0 Å². The van der Waals surface area contributed by atoms with Crippen molar-refractivity contribution in [3.05, 3.63) is 29.0 Å². The van der Waals surface area contributed by atoms with Crippen LogP contribution >= 0.6 is 11.6 Å². The van der Waals surface area contributed by atoms with Crippen molar-refractivity contribution in [2.45, 2.75) is 26.7 Å². The molecule has 0 aliphatic carbocycles. The largest absolute Gasteiger partial charge is 0.481 e. The second-order valence-corrected chi connectivity index (χ2v) is 4.27. The molecule has 0 aliphatic heterocycles. The Hall–Kier alpha value is -1.09. The summed E-state index contributed by atoms with van der Waals surface area (Å²) in [6.07, 6.45) is 2.69. The first-order valence-electron chi connectivity index (χ1n) is 4.82. The molecule has 3 nitrogen and oxygen atoms in total. The van der Waals surface area contributed by atoms with E-state index in [0.29, 0.717) is 18.0 Å². The van der Waals surface area contributed by atoms with Crippen LogP contribution in [-0.4, -0.2) is 16.1 Å². The number of aromatic nitrogens is 1.